The Kier molecular flexibility index (Phi) is 39.1. The zero-order valence-corrected chi connectivity index (χ0v) is 38.2. The van der Waals surface area contributed by atoms with Crippen molar-refractivity contribution in [2.45, 2.75) is 212 Å². The number of likely N-dealkylation sites (N-methyl/N-ethyl adjacent to an activating group) is 1. The Balaban J connectivity index is 4.35. The maximum Gasteiger partial charge on any atom is 0.362 e. The summed E-state index contributed by atoms with van der Waals surface area (Å²) in [6.07, 6.45) is 48.6. The van der Waals surface area contributed by atoms with Crippen molar-refractivity contribution in [1.29, 1.82) is 0 Å². The molecule has 58 heavy (non-hydrogen) atoms. The number of esters is 2. The van der Waals surface area contributed by atoms with Crippen molar-refractivity contribution in [2.75, 3.05) is 41.0 Å². The van der Waals surface area contributed by atoms with E-state index in [0.29, 0.717) is 19.3 Å². The number of quaternary nitrogens is 1. The Morgan fingerprint density at radius 1 is 0.517 bits per heavy atom. The molecule has 0 aromatic carbocycles. The molecule has 1 N–H and O–H groups in total. The number of nitrogens with zero attached hydrogens (tertiary/aromatic N) is 1. The third-order valence-corrected chi connectivity index (χ3v) is 10.5. The van der Waals surface area contributed by atoms with Gasteiger partial charge in [-0.15, -0.1) is 0 Å². The predicted molar refractivity (Wildman–Crippen MR) is 243 cm³/mol. The lowest BCUT2D eigenvalue weighted by Gasteiger charge is -2.31. The molecule has 0 saturated carbocycles. The van der Waals surface area contributed by atoms with Gasteiger partial charge >= 0.3 is 17.9 Å². The molecule has 2 unspecified atom stereocenters. The van der Waals surface area contributed by atoms with E-state index in [9.17, 15) is 19.5 Å². The predicted octanol–water partition coefficient (Wildman–Crippen LogP) is 13.2. The van der Waals surface area contributed by atoms with Crippen molar-refractivity contribution in [3.63, 3.8) is 0 Å². The topological polar surface area (TPSA) is 99.1 Å². The van der Waals surface area contributed by atoms with Crippen LogP contribution in [0.3, 0.4) is 0 Å². The summed E-state index contributed by atoms with van der Waals surface area (Å²) in [5.41, 5.74) is 0. The number of carbonyl (C=O) groups is 3. The lowest BCUT2D eigenvalue weighted by Crippen LogP contribution is -2.50. The van der Waals surface area contributed by atoms with Crippen LogP contribution in [0.15, 0.2) is 48.6 Å². The summed E-state index contributed by atoms with van der Waals surface area (Å²) in [5, 5.41) is 9.63. The molecule has 0 amide bonds. The summed E-state index contributed by atoms with van der Waals surface area (Å²) in [4.78, 5) is 37.0. The second kappa shape index (κ2) is 41.0. The van der Waals surface area contributed by atoms with Crippen LogP contribution in [0.4, 0.5) is 0 Å². The van der Waals surface area contributed by atoms with Gasteiger partial charge in [-0.1, -0.05) is 152 Å². The van der Waals surface area contributed by atoms with E-state index in [1.807, 2.05) is 21.1 Å². The van der Waals surface area contributed by atoms with E-state index in [2.05, 4.69) is 62.5 Å². The zero-order valence-electron chi connectivity index (χ0n) is 38.2. The molecule has 0 aliphatic carbocycles. The summed E-state index contributed by atoms with van der Waals surface area (Å²) in [6, 6.07) is -0.619. The molecule has 0 bridgehead atoms. The van der Waals surface area contributed by atoms with Gasteiger partial charge in [0.15, 0.2) is 12.1 Å². The smallest absolute Gasteiger partial charge is 0.362 e. The van der Waals surface area contributed by atoms with Crippen LogP contribution in [0, 0.1) is 0 Å². The Morgan fingerprint density at radius 2 is 0.914 bits per heavy atom. The van der Waals surface area contributed by atoms with Crippen LogP contribution in [-0.4, -0.2) is 80.6 Å². The quantitative estimate of drug-likeness (QED) is 0.0283. The molecule has 0 aliphatic heterocycles. The third kappa shape index (κ3) is 38.8. The number of aliphatic carboxylic acids is 1. The largest absolute Gasteiger partial charge is 0.477 e. The third-order valence-electron chi connectivity index (χ3n) is 10.5. The van der Waals surface area contributed by atoms with Gasteiger partial charge in [-0.25, -0.2) is 4.79 Å². The van der Waals surface area contributed by atoms with Crippen LogP contribution in [-0.2, 0) is 28.6 Å². The van der Waals surface area contributed by atoms with Gasteiger partial charge in [0.2, 0.25) is 0 Å². The number of allylic oxidation sites excluding steroid dienone is 8. The van der Waals surface area contributed by atoms with Gasteiger partial charge in [-0.05, 0) is 77.0 Å². The molecule has 0 aromatic rings. The monoisotopic (exact) mass is 817 g/mol. The Labute approximate surface area is 356 Å². The lowest BCUT2D eigenvalue weighted by molar-refractivity contribution is -0.887. The van der Waals surface area contributed by atoms with Gasteiger partial charge in [-0.2, -0.15) is 0 Å². The average Bonchev–Trinajstić information content (AvgIpc) is 3.18. The van der Waals surface area contributed by atoms with Crippen molar-refractivity contribution in [2.24, 2.45) is 0 Å². The number of carboxylic acid groups (broad SMARTS) is 1. The van der Waals surface area contributed by atoms with Crippen LogP contribution in [0.25, 0.3) is 0 Å². The maximum atomic E-state index is 12.8. The van der Waals surface area contributed by atoms with Crippen molar-refractivity contribution < 1.29 is 38.2 Å². The number of rotatable bonds is 42. The van der Waals surface area contributed by atoms with E-state index in [0.717, 1.165) is 77.0 Å². The molecule has 0 heterocycles. The van der Waals surface area contributed by atoms with Crippen LogP contribution >= 0.6 is 0 Å². The Morgan fingerprint density at radius 3 is 1.40 bits per heavy atom. The number of hydrogen-bond acceptors (Lipinski definition) is 6. The SMILES string of the molecule is CCCCC/C=C\C/C=C\C/C=C\CCCCCCCCC(=O)OC(COCCC(C(=O)O)[N+](C)(C)C)COC(=O)CCCCCCC/C=C\CCCCCCCC. The highest BCUT2D eigenvalue weighted by atomic mass is 16.6. The molecule has 0 radical (unpaired) electrons. The minimum absolute atomic E-state index is 0.0528. The fourth-order valence-corrected chi connectivity index (χ4v) is 6.74. The molecule has 0 aromatic heterocycles. The van der Waals surface area contributed by atoms with Crippen LogP contribution in [0.2, 0.25) is 0 Å². The zero-order chi connectivity index (χ0) is 42.8. The van der Waals surface area contributed by atoms with Crippen LogP contribution in [0.1, 0.15) is 200 Å². The Hall–Kier alpha value is -2.71. The normalized spacial score (nSPS) is 13.3. The van der Waals surface area contributed by atoms with Crippen molar-refractivity contribution >= 4 is 17.9 Å². The fourth-order valence-electron chi connectivity index (χ4n) is 6.74. The fraction of sp³-hybridized carbons (Fsp3) is 0.780. The highest BCUT2D eigenvalue weighted by Crippen LogP contribution is 2.14. The van der Waals surface area contributed by atoms with E-state index in [1.165, 1.54) is 89.9 Å². The Bertz CT molecular complexity index is 1090. The molecule has 0 spiro atoms. The number of unbranched alkanes of at least 4 members (excludes halogenated alkanes) is 20. The van der Waals surface area contributed by atoms with Crippen LogP contribution in [0.5, 0.6) is 0 Å². The molecule has 8 nitrogen and oxygen atoms in total. The minimum Gasteiger partial charge on any atom is -0.477 e. The molecule has 8 heteroatoms. The van der Waals surface area contributed by atoms with Crippen molar-refractivity contribution in [3.05, 3.63) is 48.6 Å². The minimum atomic E-state index is -0.879. The van der Waals surface area contributed by atoms with Crippen molar-refractivity contribution in [1.82, 2.24) is 0 Å². The van der Waals surface area contributed by atoms with Gasteiger partial charge in [0.1, 0.15) is 6.61 Å². The summed E-state index contributed by atoms with van der Waals surface area (Å²) in [7, 11) is 5.52. The van der Waals surface area contributed by atoms with Crippen LogP contribution < -0.4 is 0 Å². The van der Waals surface area contributed by atoms with Crippen molar-refractivity contribution in [3.8, 4) is 0 Å². The summed E-state index contributed by atoms with van der Waals surface area (Å²) < 4.78 is 17.3. The second-order valence-electron chi connectivity index (χ2n) is 17.0. The van der Waals surface area contributed by atoms with E-state index < -0.39 is 18.1 Å². The molecule has 2 atom stereocenters. The first-order valence-corrected chi connectivity index (χ1v) is 23.7. The van der Waals surface area contributed by atoms with Gasteiger partial charge < -0.3 is 23.8 Å². The van der Waals surface area contributed by atoms with Gasteiger partial charge in [-0.3, -0.25) is 9.59 Å². The average molecular weight is 817 g/mol. The van der Waals surface area contributed by atoms with Gasteiger partial charge in [0, 0.05) is 19.3 Å². The molecular formula is C50H90NO7+. The number of carbonyl (C=O) groups excluding carboxylic acids is 2. The first-order valence-electron chi connectivity index (χ1n) is 23.7. The number of hydrogen-bond donors (Lipinski definition) is 1. The van der Waals surface area contributed by atoms with E-state index in [1.54, 1.807) is 0 Å². The highest BCUT2D eigenvalue weighted by molar-refractivity contribution is 5.72. The standard InChI is InChI=1S/C50H89NO7/c1-6-8-10-12-14-16-18-20-22-23-24-25-27-29-31-33-35-37-39-41-49(53)58-46(44-56-43-42-47(50(54)55)51(3,4)5)45-57-48(52)40-38-36-34-32-30-28-26-21-19-17-15-13-11-9-7-2/h14,16,20-22,24-26,46-47H,6-13,15,17-19,23,27-45H2,1-5H3/p+1/b16-14-,22-20-,25-24-,26-21-. The molecule has 0 aliphatic rings. The summed E-state index contributed by atoms with van der Waals surface area (Å²) in [6.45, 7) is 4.69. The molecule has 0 fully saturated rings. The first-order chi connectivity index (χ1) is 28.1. The molecular weight excluding hydrogens is 727 g/mol. The highest BCUT2D eigenvalue weighted by Gasteiger charge is 2.31. The summed E-state index contributed by atoms with van der Waals surface area (Å²) >= 11 is 0. The molecule has 0 saturated heterocycles. The number of ether oxygens (including phenoxy) is 3. The molecule has 0 rings (SSSR count). The summed E-state index contributed by atoms with van der Waals surface area (Å²) in [5.74, 6) is -1.49. The lowest BCUT2D eigenvalue weighted by atomic mass is 10.1. The van der Waals surface area contributed by atoms with Gasteiger partial charge in [0.25, 0.3) is 0 Å². The van der Waals surface area contributed by atoms with E-state index in [-0.39, 0.29) is 36.2 Å². The molecule has 336 valence electrons. The first kappa shape index (κ1) is 55.3. The van der Waals surface area contributed by atoms with Gasteiger partial charge in [0.05, 0.1) is 34.4 Å². The van der Waals surface area contributed by atoms with E-state index in [4.69, 9.17) is 14.2 Å². The second-order valence-corrected chi connectivity index (χ2v) is 17.0. The maximum absolute atomic E-state index is 12.8. The van der Waals surface area contributed by atoms with E-state index >= 15 is 0 Å². The number of carboxylic acids is 1.